The Morgan fingerprint density at radius 1 is 1.42 bits per heavy atom. The zero-order chi connectivity index (χ0) is 14.0. The first-order chi connectivity index (χ1) is 9.02. The molecule has 0 aromatic carbocycles. The minimum Gasteiger partial charge on any atom is -0.343 e. The fourth-order valence-corrected chi connectivity index (χ4v) is 2.26. The number of pyridine rings is 1. The molecule has 19 heavy (non-hydrogen) atoms. The Kier molecular flexibility index (Phi) is 3.88. The molecule has 0 aliphatic rings. The smallest absolute Gasteiger partial charge is 0.222 e. The van der Waals surface area contributed by atoms with Gasteiger partial charge in [0.15, 0.2) is 0 Å². The summed E-state index contributed by atoms with van der Waals surface area (Å²) in [6, 6.07) is 5.35. The summed E-state index contributed by atoms with van der Waals surface area (Å²) in [4.78, 5) is 13.4. The number of fused-ring (bicyclic) bond motifs is 1. The van der Waals surface area contributed by atoms with Crippen LogP contribution in [0.15, 0.2) is 30.6 Å². The van der Waals surface area contributed by atoms with Crippen LogP contribution in [-0.2, 0) is 11.2 Å². The number of hydrogen-bond donors (Lipinski definition) is 0. The summed E-state index contributed by atoms with van der Waals surface area (Å²) < 4.78 is 14.9. The second-order valence-corrected chi connectivity index (χ2v) is 4.89. The molecule has 2 heterocycles. The summed E-state index contributed by atoms with van der Waals surface area (Å²) in [6.07, 6.45) is 4.60. The van der Waals surface area contributed by atoms with Gasteiger partial charge in [0.05, 0.1) is 0 Å². The van der Waals surface area contributed by atoms with Crippen LogP contribution in [0.1, 0.15) is 25.8 Å². The summed E-state index contributed by atoms with van der Waals surface area (Å²) in [6.45, 7) is 3.89. The van der Waals surface area contributed by atoms with Gasteiger partial charge in [-0.2, -0.15) is 0 Å². The highest BCUT2D eigenvalue weighted by atomic mass is 19.1. The maximum absolute atomic E-state index is 13.1. The van der Waals surface area contributed by atoms with Gasteiger partial charge in [0.25, 0.3) is 0 Å². The van der Waals surface area contributed by atoms with Crippen LogP contribution in [0.25, 0.3) is 5.52 Å². The average Bonchev–Trinajstić information content (AvgIpc) is 2.79. The highest BCUT2D eigenvalue weighted by Gasteiger charge is 2.16. The highest BCUT2D eigenvalue weighted by molar-refractivity contribution is 5.75. The number of rotatable bonds is 4. The van der Waals surface area contributed by atoms with Crippen LogP contribution in [0.3, 0.4) is 0 Å². The second kappa shape index (κ2) is 5.43. The van der Waals surface area contributed by atoms with Crippen molar-refractivity contribution in [1.29, 1.82) is 0 Å². The molecule has 0 aliphatic carbocycles. The number of likely N-dealkylation sites (N-methyl/N-ethyl adjacent to an activating group) is 1. The van der Waals surface area contributed by atoms with E-state index in [0.717, 1.165) is 17.5 Å². The summed E-state index contributed by atoms with van der Waals surface area (Å²) in [5.41, 5.74) is 2.12. The standard InChI is InChI=1S/C15H19FN2O/c1-4-15(19)17(3)11(2)9-12-7-8-18-10-13(16)5-6-14(12)18/h5-8,10-11H,4,9H2,1-3H3. The predicted molar refractivity (Wildman–Crippen MR) is 73.6 cm³/mol. The molecule has 4 heteroatoms. The number of nitrogens with zero attached hydrogens (tertiary/aromatic N) is 2. The number of carbonyl (C=O) groups is 1. The van der Waals surface area contributed by atoms with Crippen molar-refractivity contribution in [3.63, 3.8) is 0 Å². The van der Waals surface area contributed by atoms with Gasteiger partial charge in [-0.15, -0.1) is 0 Å². The fourth-order valence-electron chi connectivity index (χ4n) is 2.26. The molecule has 0 aliphatic heterocycles. The molecule has 1 amide bonds. The van der Waals surface area contributed by atoms with Gasteiger partial charge in [-0.1, -0.05) is 6.92 Å². The van der Waals surface area contributed by atoms with E-state index in [0.29, 0.717) is 6.42 Å². The molecule has 3 nitrogen and oxygen atoms in total. The molecule has 102 valence electrons. The van der Waals surface area contributed by atoms with Gasteiger partial charge in [-0.05, 0) is 37.1 Å². The van der Waals surface area contributed by atoms with Crippen molar-refractivity contribution in [3.05, 3.63) is 42.0 Å². The van der Waals surface area contributed by atoms with E-state index in [-0.39, 0.29) is 17.8 Å². The molecule has 0 spiro atoms. The summed E-state index contributed by atoms with van der Waals surface area (Å²) in [7, 11) is 1.83. The van der Waals surface area contributed by atoms with Crippen molar-refractivity contribution in [2.75, 3.05) is 7.05 Å². The number of halogens is 1. The van der Waals surface area contributed by atoms with Gasteiger partial charge < -0.3 is 9.30 Å². The second-order valence-electron chi connectivity index (χ2n) is 4.89. The van der Waals surface area contributed by atoms with Crippen LogP contribution in [0, 0.1) is 5.82 Å². The van der Waals surface area contributed by atoms with E-state index < -0.39 is 0 Å². The SMILES string of the molecule is CCC(=O)N(C)C(C)Cc1ccn2cc(F)ccc12. The lowest BCUT2D eigenvalue weighted by molar-refractivity contribution is -0.131. The number of hydrogen-bond acceptors (Lipinski definition) is 1. The average molecular weight is 262 g/mol. The van der Waals surface area contributed by atoms with Crippen molar-refractivity contribution in [2.24, 2.45) is 0 Å². The Bertz CT molecular complexity index is 591. The van der Waals surface area contributed by atoms with Gasteiger partial charge in [-0.3, -0.25) is 4.79 Å². The first-order valence-corrected chi connectivity index (χ1v) is 6.53. The van der Waals surface area contributed by atoms with E-state index in [9.17, 15) is 9.18 Å². The maximum Gasteiger partial charge on any atom is 0.222 e. The zero-order valence-electron chi connectivity index (χ0n) is 11.6. The van der Waals surface area contributed by atoms with E-state index in [2.05, 4.69) is 0 Å². The normalized spacial score (nSPS) is 12.6. The van der Waals surface area contributed by atoms with Crippen molar-refractivity contribution in [2.45, 2.75) is 32.7 Å². The van der Waals surface area contributed by atoms with Gasteiger partial charge in [-0.25, -0.2) is 4.39 Å². The molecular weight excluding hydrogens is 243 g/mol. The first-order valence-electron chi connectivity index (χ1n) is 6.53. The van der Waals surface area contributed by atoms with Crippen LogP contribution in [0.2, 0.25) is 0 Å². The molecule has 0 bridgehead atoms. The third kappa shape index (κ3) is 2.78. The zero-order valence-corrected chi connectivity index (χ0v) is 11.6. The number of aromatic nitrogens is 1. The Labute approximate surface area is 112 Å². The molecular formula is C15H19FN2O. The van der Waals surface area contributed by atoms with Gasteiger partial charge in [0.2, 0.25) is 5.91 Å². The third-order valence-corrected chi connectivity index (χ3v) is 3.58. The first kappa shape index (κ1) is 13.6. The van der Waals surface area contributed by atoms with E-state index in [1.54, 1.807) is 15.4 Å². The Morgan fingerprint density at radius 3 is 2.84 bits per heavy atom. The van der Waals surface area contributed by atoms with E-state index in [1.165, 1.54) is 12.3 Å². The lowest BCUT2D eigenvalue weighted by Crippen LogP contribution is -2.35. The van der Waals surface area contributed by atoms with E-state index >= 15 is 0 Å². The molecule has 0 saturated carbocycles. The summed E-state index contributed by atoms with van der Waals surface area (Å²) in [5.74, 6) is -0.108. The molecule has 2 aromatic rings. The monoisotopic (exact) mass is 262 g/mol. The van der Waals surface area contributed by atoms with Crippen molar-refractivity contribution < 1.29 is 9.18 Å². The van der Waals surface area contributed by atoms with Gasteiger partial charge >= 0.3 is 0 Å². The number of amides is 1. The third-order valence-electron chi connectivity index (χ3n) is 3.58. The molecule has 1 unspecified atom stereocenters. The molecule has 2 rings (SSSR count). The summed E-state index contributed by atoms with van der Waals surface area (Å²) >= 11 is 0. The molecule has 0 N–H and O–H groups in total. The Balaban J connectivity index is 2.19. The molecule has 2 aromatic heterocycles. The van der Waals surface area contributed by atoms with Gasteiger partial charge in [0, 0.05) is 37.4 Å². The quantitative estimate of drug-likeness (QED) is 0.831. The van der Waals surface area contributed by atoms with Crippen molar-refractivity contribution in [3.8, 4) is 0 Å². The van der Waals surface area contributed by atoms with Crippen LogP contribution < -0.4 is 0 Å². The molecule has 0 saturated heterocycles. The minimum atomic E-state index is -0.249. The van der Waals surface area contributed by atoms with Crippen LogP contribution in [0.4, 0.5) is 4.39 Å². The molecule has 0 fully saturated rings. The summed E-state index contributed by atoms with van der Waals surface area (Å²) in [5, 5.41) is 0. The van der Waals surface area contributed by atoms with Crippen molar-refractivity contribution >= 4 is 11.4 Å². The van der Waals surface area contributed by atoms with E-state index in [1.807, 2.05) is 33.2 Å². The van der Waals surface area contributed by atoms with Crippen molar-refractivity contribution in [1.82, 2.24) is 9.30 Å². The molecule has 1 atom stereocenters. The molecule has 0 radical (unpaired) electrons. The Morgan fingerprint density at radius 2 is 2.16 bits per heavy atom. The Hall–Kier alpha value is -1.84. The van der Waals surface area contributed by atoms with E-state index in [4.69, 9.17) is 0 Å². The highest BCUT2D eigenvalue weighted by Crippen LogP contribution is 2.17. The lowest BCUT2D eigenvalue weighted by Gasteiger charge is -2.24. The van der Waals surface area contributed by atoms with Crippen LogP contribution in [0.5, 0.6) is 0 Å². The minimum absolute atomic E-state index is 0.128. The van der Waals surface area contributed by atoms with Crippen LogP contribution >= 0.6 is 0 Å². The van der Waals surface area contributed by atoms with Crippen LogP contribution in [-0.4, -0.2) is 28.3 Å². The van der Waals surface area contributed by atoms with Gasteiger partial charge in [0.1, 0.15) is 5.82 Å². The maximum atomic E-state index is 13.1. The topological polar surface area (TPSA) is 24.7 Å². The fraction of sp³-hybridized carbons (Fsp3) is 0.400. The predicted octanol–water partition coefficient (Wildman–Crippen LogP) is 2.88. The largest absolute Gasteiger partial charge is 0.343 e. The number of carbonyl (C=O) groups excluding carboxylic acids is 1. The lowest BCUT2D eigenvalue weighted by atomic mass is 10.1.